The Kier molecular flexibility index (Phi) is 2.90. The summed E-state index contributed by atoms with van der Waals surface area (Å²) in [5.74, 6) is 0.381. The van der Waals surface area contributed by atoms with E-state index in [9.17, 15) is 5.11 Å². The monoisotopic (exact) mass is 142 g/mol. The third-order valence-electron chi connectivity index (χ3n) is 1.99. The van der Waals surface area contributed by atoms with E-state index in [4.69, 9.17) is 4.74 Å². The topological polar surface area (TPSA) is 29.5 Å². The molecule has 1 rings (SSSR count). The van der Waals surface area contributed by atoms with Crippen LogP contribution in [0.25, 0.3) is 0 Å². The second-order valence-electron chi connectivity index (χ2n) is 2.68. The fourth-order valence-corrected chi connectivity index (χ4v) is 1.25. The minimum Gasteiger partial charge on any atom is -0.389 e. The Hall–Kier alpha value is -0.340. The SMILES string of the molecule is C=C[C@H](O)C1CCOCC1. The number of hydrogen-bond acceptors (Lipinski definition) is 2. The molecule has 1 heterocycles. The Morgan fingerprint density at radius 3 is 2.60 bits per heavy atom. The largest absolute Gasteiger partial charge is 0.389 e. The minimum absolute atomic E-state index is 0.330. The van der Waals surface area contributed by atoms with Crippen LogP contribution < -0.4 is 0 Å². The van der Waals surface area contributed by atoms with Crippen molar-refractivity contribution in [3.05, 3.63) is 12.7 Å². The van der Waals surface area contributed by atoms with Crippen molar-refractivity contribution in [3.63, 3.8) is 0 Å². The summed E-state index contributed by atoms with van der Waals surface area (Å²) in [4.78, 5) is 0. The number of hydrogen-bond donors (Lipinski definition) is 1. The lowest BCUT2D eigenvalue weighted by Gasteiger charge is -2.24. The van der Waals surface area contributed by atoms with Crippen LogP contribution in [0.2, 0.25) is 0 Å². The second-order valence-corrected chi connectivity index (χ2v) is 2.68. The average Bonchev–Trinajstić information content (AvgIpc) is 2.05. The van der Waals surface area contributed by atoms with E-state index in [1.807, 2.05) is 0 Å². The Morgan fingerprint density at radius 2 is 2.10 bits per heavy atom. The molecule has 58 valence electrons. The van der Waals surface area contributed by atoms with Crippen LogP contribution in [0.4, 0.5) is 0 Å². The van der Waals surface area contributed by atoms with Crippen molar-refractivity contribution in [1.82, 2.24) is 0 Å². The zero-order chi connectivity index (χ0) is 7.40. The van der Waals surface area contributed by atoms with Gasteiger partial charge in [0.25, 0.3) is 0 Å². The first-order valence-corrected chi connectivity index (χ1v) is 3.73. The summed E-state index contributed by atoms with van der Waals surface area (Å²) in [7, 11) is 0. The Labute approximate surface area is 61.5 Å². The molecule has 2 heteroatoms. The van der Waals surface area contributed by atoms with Gasteiger partial charge in [-0.25, -0.2) is 0 Å². The standard InChI is InChI=1S/C8H14O2/c1-2-8(9)7-3-5-10-6-4-7/h2,7-9H,1,3-6H2/t8-/m0/s1. The van der Waals surface area contributed by atoms with Gasteiger partial charge in [0.05, 0.1) is 6.10 Å². The lowest BCUT2D eigenvalue weighted by Crippen LogP contribution is -2.25. The van der Waals surface area contributed by atoms with E-state index in [1.165, 1.54) is 0 Å². The van der Waals surface area contributed by atoms with Crippen LogP contribution in [0.5, 0.6) is 0 Å². The van der Waals surface area contributed by atoms with Crippen LogP contribution >= 0.6 is 0 Å². The maximum atomic E-state index is 9.31. The molecule has 0 saturated carbocycles. The van der Waals surface area contributed by atoms with Gasteiger partial charge in [-0.2, -0.15) is 0 Å². The zero-order valence-corrected chi connectivity index (χ0v) is 6.12. The maximum Gasteiger partial charge on any atom is 0.0748 e. The van der Waals surface area contributed by atoms with E-state index in [2.05, 4.69) is 6.58 Å². The summed E-state index contributed by atoms with van der Waals surface area (Å²) < 4.78 is 5.15. The molecule has 1 aliphatic rings. The van der Waals surface area contributed by atoms with Gasteiger partial charge < -0.3 is 9.84 Å². The first-order valence-electron chi connectivity index (χ1n) is 3.73. The zero-order valence-electron chi connectivity index (χ0n) is 6.12. The molecular weight excluding hydrogens is 128 g/mol. The lowest BCUT2D eigenvalue weighted by atomic mass is 9.94. The fraction of sp³-hybridized carbons (Fsp3) is 0.750. The highest BCUT2D eigenvalue weighted by Crippen LogP contribution is 2.18. The Bertz CT molecular complexity index is 106. The number of aliphatic hydroxyl groups excluding tert-OH is 1. The third-order valence-corrected chi connectivity index (χ3v) is 1.99. The summed E-state index contributed by atoms with van der Waals surface area (Å²) in [5.41, 5.74) is 0. The molecular formula is C8H14O2. The van der Waals surface area contributed by atoms with E-state index in [-0.39, 0.29) is 6.10 Å². The molecule has 1 N–H and O–H groups in total. The molecule has 0 aliphatic carbocycles. The molecule has 0 aromatic rings. The quantitative estimate of drug-likeness (QED) is 0.582. The summed E-state index contributed by atoms with van der Waals surface area (Å²) in [6.07, 6.45) is 3.21. The van der Waals surface area contributed by atoms with Crippen molar-refractivity contribution in [3.8, 4) is 0 Å². The molecule has 1 saturated heterocycles. The highest BCUT2D eigenvalue weighted by atomic mass is 16.5. The van der Waals surface area contributed by atoms with Gasteiger partial charge in [-0.15, -0.1) is 6.58 Å². The molecule has 1 fully saturated rings. The lowest BCUT2D eigenvalue weighted by molar-refractivity contribution is 0.0248. The van der Waals surface area contributed by atoms with Crippen LogP contribution in [-0.4, -0.2) is 24.4 Å². The summed E-state index contributed by atoms with van der Waals surface area (Å²) in [6, 6.07) is 0. The van der Waals surface area contributed by atoms with E-state index in [0.717, 1.165) is 26.1 Å². The van der Waals surface area contributed by atoms with Gasteiger partial charge in [0.15, 0.2) is 0 Å². The van der Waals surface area contributed by atoms with Crippen molar-refractivity contribution < 1.29 is 9.84 Å². The molecule has 1 atom stereocenters. The van der Waals surface area contributed by atoms with Crippen molar-refractivity contribution >= 4 is 0 Å². The molecule has 0 aromatic carbocycles. The first-order chi connectivity index (χ1) is 4.84. The van der Waals surface area contributed by atoms with Gasteiger partial charge in [0.1, 0.15) is 0 Å². The van der Waals surface area contributed by atoms with Gasteiger partial charge >= 0.3 is 0 Å². The minimum atomic E-state index is -0.330. The van der Waals surface area contributed by atoms with Crippen LogP contribution in [0.15, 0.2) is 12.7 Å². The molecule has 2 nitrogen and oxygen atoms in total. The van der Waals surface area contributed by atoms with E-state index in [0.29, 0.717) is 5.92 Å². The summed E-state index contributed by atoms with van der Waals surface area (Å²) in [6.45, 7) is 5.12. The summed E-state index contributed by atoms with van der Waals surface area (Å²) in [5, 5.41) is 9.31. The van der Waals surface area contributed by atoms with Gasteiger partial charge in [-0.1, -0.05) is 6.08 Å². The number of aliphatic hydroxyl groups is 1. The van der Waals surface area contributed by atoms with Crippen LogP contribution in [0.1, 0.15) is 12.8 Å². The van der Waals surface area contributed by atoms with Crippen LogP contribution in [0, 0.1) is 5.92 Å². The second kappa shape index (κ2) is 3.74. The van der Waals surface area contributed by atoms with Crippen LogP contribution in [0.3, 0.4) is 0 Å². The molecule has 1 aliphatic heterocycles. The van der Waals surface area contributed by atoms with Gasteiger partial charge in [-0.05, 0) is 18.8 Å². The van der Waals surface area contributed by atoms with Crippen LogP contribution in [-0.2, 0) is 4.74 Å². The first kappa shape index (κ1) is 7.76. The third kappa shape index (κ3) is 1.82. The summed E-state index contributed by atoms with van der Waals surface area (Å²) >= 11 is 0. The smallest absolute Gasteiger partial charge is 0.0748 e. The normalized spacial score (nSPS) is 24.1. The number of ether oxygens (including phenoxy) is 1. The van der Waals surface area contributed by atoms with E-state index >= 15 is 0 Å². The van der Waals surface area contributed by atoms with Crippen molar-refractivity contribution in [2.24, 2.45) is 5.92 Å². The van der Waals surface area contributed by atoms with Crippen molar-refractivity contribution in [2.45, 2.75) is 18.9 Å². The van der Waals surface area contributed by atoms with Gasteiger partial charge in [-0.3, -0.25) is 0 Å². The van der Waals surface area contributed by atoms with Crippen molar-refractivity contribution in [2.75, 3.05) is 13.2 Å². The number of rotatable bonds is 2. The maximum absolute atomic E-state index is 9.31. The molecule has 0 amide bonds. The average molecular weight is 142 g/mol. The van der Waals surface area contributed by atoms with E-state index in [1.54, 1.807) is 6.08 Å². The predicted octanol–water partition coefficient (Wildman–Crippen LogP) is 0.960. The van der Waals surface area contributed by atoms with Crippen molar-refractivity contribution in [1.29, 1.82) is 0 Å². The molecule has 0 spiro atoms. The molecule has 0 unspecified atom stereocenters. The molecule has 0 aromatic heterocycles. The predicted molar refractivity (Wildman–Crippen MR) is 39.7 cm³/mol. The van der Waals surface area contributed by atoms with Gasteiger partial charge in [0.2, 0.25) is 0 Å². The fourth-order valence-electron chi connectivity index (χ4n) is 1.25. The van der Waals surface area contributed by atoms with E-state index < -0.39 is 0 Å². The molecule has 0 radical (unpaired) electrons. The highest BCUT2D eigenvalue weighted by molar-refractivity contribution is 4.85. The molecule has 10 heavy (non-hydrogen) atoms. The Morgan fingerprint density at radius 1 is 1.50 bits per heavy atom. The Balaban J connectivity index is 2.30. The van der Waals surface area contributed by atoms with Gasteiger partial charge in [0, 0.05) is 13.2 Å². The highest BCUT2D eigenvalue weighted by Gasteiger charge is 2.18. The molecule has 0 bridgehead atoms.